The van der Waals surface area contributed by atoms with Crippen LogP contribution in [0.15, 0.2) is 36.4 Å². The molecule has 0 unspecified atom stereocenters. The number of unbranched alkanes of at least 4 members (excludes halogenated alkanes) is 3. The normalized spacial score (nSPS) is 10.9. The van der Waals surface area contributed by atoms with Crippen LogP contribution in [-0.4, -0.2) is 11.7 Å². The van der Waals surface area contributed by atoms with Crippen molar-refractivity contribution in [1.82, 2.24) is 0 Å². The lowest BCUT2D eigenvalue weighted by atomic mass is 10.2. The van der Waals surface area contributed by atoms with Crippen molar-refractivity contribution in [3.63, 3.8) is 0 Å². The van der Waals surface area contributed by atoms with E-state index in [0.29, 0.717) is 0 Å². The average molecular weight is 234 g/mol. The highest BCUT2D eigenvalue weighted by molar-refractivity contribution is 5.31. The number of phenols is 1. The molecule has 0 saturated carbocycles. The summed E-state index contributed by atoms with van der Waals surface area (Å²) in [6.07, 6.45) is 10.2. The number of ether oxygens (including phenoxy) is 1. The first-order valence-corrected chi connectivity index (χ1v) is 6.39. The number of benzene rings is 1. The zero-order valence-electron chi connectivity index (χ0n) is 10.6. The van der Waals surface area contributed by atoms with Crippen molar-refractivity contribution in [2.75, 3.05) is 6.61 Å². The Morgan fingerprint density at radius 2 is 2.06 bits per heavy atom. The molecule has 0 aliphatic heterocycles. The molecule has 0 saturated heterocycles. The molecule has 0 aliphatic carbocycles. The summed E-state index contributed by atoms with van der Waals surface area (Å²) in [5.41, 5.74) is 0. The quantitative estimate of drug-likeness (QED) is 0.537. The molecule has 1 aromatic carbocycles. The third-order valence-corrected chi connectivity index (χ3v) is 2.50. The van der Waals surface area contributed by atoms with Gasteiger partial charge in [0.05, 0.1) is 6.61 Å². The SMILES string of the molecule is CCC=CCCCCCOc1cccc(O)c1. The van der Waals surface area contributed by atoms with Crippen LogP contribution in [0.1, 0.15) is 39.0 Å². The second-order valence-electron chi connectivity index (χ2n) is 4.07. The average Bonchev–Trinajstić information content (AvgIpc) is 2.33. The van der Waals surface area contributed by atoms with E-state index in [9.17, 15) is 5.11 Å². The number of rotatable bonds is 8. The maximum atomic E-state index is 9.25. The Kier molecular flexibility index (Phi) is 6.96. The summed E-state index contributed by atoms with van der Waals surface area (Å²) in [5, 5.41) is 9.25. The Hall–Kier alpha value is -1.44. The molecule has 17 heavy (non-hydrogen) atoms. The second kappa shape index (κ2) is 8.68. The van der Waals surface area contributed by atoms with E-state index in [1.807, 2.05) is 6.07 Å². The first-order valence-electron chi connectivity index (χ1n) is 6.39. The predicted octanol–water partition coefficient (Wildman–Crippen LogP) is 4.30. The highest BCUT2D eigenvalue weighted by Crippen LogP contribution is 2.17. The van der Waals surface area contributed by atoms with Gasteiger partial charge in [-0.15, -0.1) is 0 Å². The molecule has 0 radical (unpaired) electrons. The van der Waals surface area contributed by atoms with Crippen LogP contribution in [0.3, 0.4) is 0 Å². The fourth-order valence-electron chi connectivity index (χ4n) is 1.59. The van der Waals surface area contributed by atoms with E-state index < -0.39 is 0 Å². The third-order valence-electron chi connectivity index (χ3n) is 2.50. The molecule has 0 spiro atoms. The smallest absolute Gasteiger partial charge is 0.122 e. The summed E-state index contributed by atoms with van der Waals surface area (Å²) in [6.45, 7) is 2.88. The summed E-state index contributed by atoms with van der Waals surface area (Å²) in [4.78, 5) is 0. The molecule has 0 amide bonds. The molecule has 0 atom stereocenters. The van der Waals surface area contributed by atoms with E-state index in [1.54, 1.807) is 18.2 Å². The van der Waals surface area contributed by atoms with Crippen LogP contribution in [0.25, 0.3) is 0 Å². The van der Waals surface area contributed by atoms with Crippen LogP contribution < -0.4 is 4.74 Å². The van der Waals surface area contributed by atoms with Crippen molar-refractivity contribution >= 4 is 0 Å². The van der Waals surface area contributed by atoms with Gasteiger partial charge in [0.25, 0.3) is 0 Å². The number of allylic oxidation sites excluding steroid dienone is 2. The van der Waals surface area contributed by atoms with Crippen LogP contribution in [0.4, 0.5) is 0 Å². The number of phenolic OH excluding ortho intramolecular Hbond substituents is 1. The molecule has 0 bridgehead atoms. The van der Waals surface area contributed by atoms with E-state index in [2.05, 4.69) is 19.1 Å². The minimum atomic E-state index is 0.257. The fraction of sp³-hybridized carbons (Fsp3) is 0.467. The monoisotopic (exact) mass is 234 g/mol. The van der Waals surface area contributed by atoms with Crippen molar-refractivity contribution in [2.24, 2.45) is 0 Å². The molecule has 0 heterocycles. The fourth-order valence-corrected chi connectivity index (χ4v) is 1.59. The molecule has 94 valence electrons. The maximum Gasteiger partial charge on any atom is 0.122 e. The Morgan fingerprint density at radius 1 is 1.18 bits per heavy atom. The highest BCUT2D eigenvalue weighted by Gasteiger charge is 1.94. The Bertz CT molecular complexity index is 331. The first kappa shape index (κ1) is 13.6. The van der Waals surface area contributed by atoms with Crippen LogP contribution in [0.5, 0.6) is 11.5 Å². The van der Waals surface area contributed by atoms with E-state index in [0.717, 1.165) is 25.2 Å². The molecule has 1 rings (SSSR count). The van der Waals surface area contributed by atoms with Crippen LogP contribution in [0, 0.1) is 0 Å². The molecule has 2 nitrogen and oxygen atoms in total. The highest BCUT2D eigenvalue weighted by atomic mass is 16.5. The molecule has 1 aromatic rings. The van der Waals surface area contributed by atoms with E-state index in [1.165, 1.54) is 19.3 Å². The molecular formula is C15H22O2. The van der Waals surface area contributed by atoms with Crippen molar-refractivity contribution in [3.8, 4) is 11.5 Å². The Morgan fingerprint density at radius 3 is 2.82 bits per heavy atom. The maximum absolute atomic E-state index is 9.25. The topological polar surface area (TPSA) is 29.5 Å². The van der Waals surface area contributed by atoms with Gasteiger partial charge in [0, 0.05) is 6.07 Å². The van der Waals surface area contributed by atoms with Gasteiger partial charge in [-0.3, -0.25) is 0 Å². The lowest BCUT2D eigenvalue weighted by Crippen LogP contribution is -1.96. The molecule has 0 aliphatic rings. The van der Waals surface area contributed by atoms with E-state index >= 15 is 0 Å². The Labute approximate surface area is 104 Å². The summed E-state index contributed by atoms with van der Waals surface area (Å²) in [6, 6.07) is 6.95. The summed E-state index contributed by atoms with van der Waals surface area (Å²) < 4.78 is 5.54. The lowest BCUT2D eigenvalue weighted by Gasteiger charge is -2.05. The predicted molar refractivity (Wildman–Crippen MR) is 71.5 cm³/mol. The zero-order chi connectivity index (χ0) is 12.3. The van der Waals surface area contributed by atoms with Gasteiger partial charge in [0.15, 0.2) is 0 Å². The molecule has 0 aromatic heterocycles. The number of hydrogen-bond donors (Lipinski definition) is 1. The van der Waals surface area contributed by atoms with Gasteiger partial charge in [-0.05, 0) is 44.2 Å². The van der Waals surface area contributed by atoms with Crippen molar-refractivity contribution in [2.45, 2.75) is 39.0 Å². The van der Waals surface area contributed by atoms with Crippen LogP contribution in [0.2, 0.25) is 0 Å². The van der Waals surface area contributed by atoms with Gasteiger partial charge >= 0.3 is 0 Å². The van der Waals surface area contributed by atoms with Crippen molar-refractivity contribution in [1.29, 1.82) is 0 Å². The van der Waals surface area contributed by atoms with Gasteiger partial charge in [0.1, 0.15) is 11.5 Å². The third kappa shape index (κ3) is 6.67. The minimum absolute atomic E-state index is 0.257. The van der Waals surface area contributed by atoms with Gasteiger partial charge in [-0.25, -0.2) is 0 Å². The summed E-state index contributed by atoms with van der Waals surface area (Å²) in [7, 11) is 0. The standard InChI is InChI=1S/C15H22O2/c1-2-3-4-5-6-7-8-12-17-15-11-9-10-14(16)13-15/h3-4,9-11,13,16H,2,5-8,12H2,1H3. The first-order chi connectivity index (χ1) is 8.33. The number of aromatic hydroxyl groups is 1. The van der Waals surface area contributed by atoms with Crippen molar-refractivity contribution < 1.29 is 9.84 Å². The van der Waals surface area contributed by atoms with Gasteiger partial charge in [-0.1, -0.05) is 25.1 Å². The number of hydrogen-bond acceptors (Lipinski definition) is 2. The largest absolute Gasteiger partial charge is 0.508 e. The summed E-state index contributed by atoms with van der Waals surface area (Å²) >= 11 is 0. The minimum Gasteiger partial charge on any atom is -0.508 e. The zero-order valence-corrected chi connectivity index (χ0v) is 10.6. The van der Waals surface area contributed by atoms with Gasteiger partial charge in [0.2, 0.25) is 0 Å². The van der Waals surface area contributed by atoms with Crippen molar-refractivity contribution in [3.05, 3.63) is 36.4 Å². The van der Waals surface area contributed by atoms with Gasteiger partial charge < -0.3 is 9.84 Å². The molecule has 1 N–H and O–H groups in total. The van der Waals surface area contributed by atoms with Crippen LogP contribution in [-0.2, 0) is 0 Å². The van der Waals surface area contributed by atoms with Gasteiger partial charge in [-0.2, -0.15) is 0 Å². The van der Waals surface area contributed by atoms with E-state index in [-0.39, 0.29) is 5.75 Å². The lowest BCUT2D eigenvalue weighted by molar-refractivity contribution is 0.304. The molecule has 0 fully saturated rings. The summed E-state index contributed by atoms with van der Waals surface area (Å²) in [5.74, 6) is 1.00. The Balaban J connectivity index is 2.03. The second-order valence-corrected chi connectivity index (χ2v) is 4.07. The van der Waals surface area contributed by atoms with Crippen LogP contribution >= 0.6 is 0 Å². The van der Waals surface area contributed by atoms with E-state index in [4.69, 9.17) is 4.74 Å². The molecule has 2 heteroatoms. The molecular weight excluding hydrogens is 212 g/mol.